The predicted molar refractivity (Wildman–Crippen MR) is 78.0 cm³/mol. The molecule has 0 saturated heterocycles. The Morgan fingerprint density at radius 2 is 2.23 bits per heavy atom. The minimum Gasteiger partial charge on any atom is -0.488 e. The number of ether oxygens (including phenoxy) is 3. The van der Waals surface area contributed by atoms with E-state index in [-0.39, 0.29) is 29.4 Å². The molecule has 8 nitrogen and oxygen atoms in total. The Hall–Kier alpha value is -2.90. The summed E-state index contributed by atoms with van der Waals surface area (Å²) in [5.74, 6) is -0.221. The van der Waals surface area contributed by atoms with Gasteiger partial charge in [-0.25, -0.2) is 4.99 Å². The Labute approximate surface area is 126 Å². The fourth-order valence-electron chi connectivity index (χ4n) is 2.00. The van der Waals surface area contributed by atoms with Crippen LogP contribution in [0.3, 0.4) is 0 Å². The summed E-state index contributed by atoms with van der Waals surface area (Å²) in [5.41, 5.74) is 0.547. The van der Waals surface area contributed by atoms with Crippen LogP contribution in [0.4, 0.5) is 5.69 Å². The van der Waals surface area contributed by atoms with Crippen LogP contribution in [0.2, 0.25) is 0 Å². The van der Waals surface area contributed by atoms with E-state index in [0.717, 1.165) is 0 Å². The summed E-state index contributed by atoms with van der Waals surface area (Å²) >= 11 is 0. The number of rotatable bonds is 4. The van der Waals surface area contributed by atoms with Crippen LogP contribution in [-0.4, -0.2) is 30.5 Å². The van der Waals surface area contributed by atoms with Gasteiger partial charge >= 0.3 is 11.7 Å². The fraction of sp³-hybridized carbons (Fsp3) is 0.286. The van der Waals surface area contributed by atoms with Crippen LogP contribution in [0.15, 0.2) is 22.8 Å². The minimum atomic E-state index is -0.594. The van der Waals surface area contributed by atoms with Gasteiger partial charge in [-0.2, -0.15) is 0 Å². The molecular weight excluding hydrogens is 292 g/mol. The molecule has 1 aromatic carbocycles. The van der Waals surface area contributed by atoms with Crippen molar-refractivity contribution in [2.45, 2.75) is 13.8 Å². The first-order valence-electron chi connectivity index (χ1n) is 6.35. The van der Waals surface area contributed by atoms with Gasteiger partial charge in [0, 0.05) is 13.8 Å². The second-order valence-corrected chi connectivity index (χ2v) is 4.44. The molecule has 0 unspecified atom stereocenters. The Morgan fingerprint density at radius 1 is 1.50 bits per heavy atom. The van der Waals surface area contributed by atoms with E-state index in [2.05, 4.69) is 4.99 Å². The van der Waals surface area contributed by atoms with E-state index in [0.29, 0.717) is 11.6 Å². The van der Waals surface area contributed by atoms with E-state index < -0.39 is 10.9 Å². The minimum absolute atomic E-state index is 0.00814. The quantitative estimate of drug-likeness (QED) is 0.366. The molecule has 0 amide bonds. The van der Waals surface area contributed by atoms with Crippen molar-refractivity contribution in [2.24, 2.45) is 4.99 Å². The summed E-state index contributed by atoms with van der Waals surface area (Å²) in [4.78, 5) is 26.0. The van der Waals surface area contributed by atoms with E-state index in [1.165, 1.54) is 32.2 Å². The SMILES string of the molecule is COc1c(OC(C)=O)ccc(/C=C2\COC(C)=N2)c1[N+](=O)[O-]. The number of esters is 1. The van der Waals surface area contributed by atoms with Crippen molar-refractivity contribution in [1.29, 1.82) is 0 Å². The maximum absolute atomic E-state index is 11.4. The summed E-state index contributed by atoms with van der Waals surface area (Å²) in [5, 5.41) is 11.4. The van der Waals surface area contributed by atoms with Crippen LogP contribution in [-0.2, 0) is 9.53 Å². The summed E-state index contributed by atoms with van der Waals surface area (Å²) in [7, 11) is 1.27. The number of benzene rings is 1. The van der Waals surface area contributed by atoms with Gasteiger partial charge in [0.2, 0.25) is 5.75 Å². The van der Waals surface area contributed by atoms with Crippen LogP contribution >= 0.6 is 0 Å². The molecule has 0 aromatic heterocycles. The third-order valence-corrected chi connectivity index (χ3v) is 2.82. The van der Waals surface area contributed by atoms with Crippen molar-refractivity contribution in [3.05, 3.63) is 33.5 Å². The predicted octanol–water partition coefficient (Wildman–Crippen LogP) is 2.32. The molecule has 0 N–H and O–H groups in total. The number of aliphatic imine (C=N–C) groups is 1. The zero-order chi connectivity index (χ0) is 16.3. The van der Waals surface area contributed by atoms with E-state index in [1.807, 2.05) is 0 Å². The number of nitro benzene ring substituents is 1. The van der Waals surface area contributed by atoms with Crippen LogP contribution in [0, 0.1) is 10.1 Å². The number of hydrogen-bond donors (Lipinski definition) is 0. The topological polar surface area (TPSA) is 100 Å². The van der Waals surface area contributed by atoms with E-state index in [1.54, 1.807) is 6.92 Å². The molecule has 0 radical (unpaired) electrons. The van der Waals surface area contributed by atoms with Crippen molar-refractivity contribution in [3.63, 3.8) is 0 Å². The maximum atomic E-state index is 11.4. The molecule has 1 aliphatic rings. The molecule has 0 spiro atoms. The van der Waals surface area contributed by atoms with E-state index in [4.69, 9.17) is 14.2 Å². The second-order valence-electron chi connectivity index (χ2n) is 4.44. The van der Waals surface area contributed by atoms with Crippen molar-refractivity contribution in [2.75, 3.05) is 13.7 Å². The van der Waals surface area contributed by atoms with Gasteiger partial charge in [-0.15, -0.1) is 0 Å². The highest BCUT2D eigenvalue weighted by molar-refractivity contribution is 5.80. The number of nitrogens with zero attached hydrogens (tertiary/aromatic N) is 2. The second kappa shape index (κ2) is 6.25. The van der Waals surface area contributed by atoms with Gasteiger partial charge in [0.15, 0.2) is 11.6 Å². The highest BCUT2D eigenvalue weighted by Crippen LogP contribution is 2.40. The average molecular weight is 306 g/mol. The van der Waals surface area contributed by atoms with Gasteiger partial charge in [-0.05, 0) is 18.2 Å². The monoisotopic (exact) mass is 306 g/mol. The zero-order valence-electron chi connectivity index (χ0n) is 12.3. The lowest BCUT2D eigenvalue weighted by molar-refractivity contribution is -0.386. The van der Waals surface area contributed by atoms with Gasteiger partial charge in [-0.1, -0.05) is 0 Å². The molecule has 1 aliphatic heterocycles. The van der Waals surface area contributed by atoms with Crippen LogP contribution in [0.1, 0.15) is 19.4 Å². The van der Waals surface area contributed by atoms with Crippen molar-refractivity contribution in [1.82, 2.24) is 0 Å². The molecule has 2 rings (SSSR count). The van der Waals surface area contributed by atoms with Gasteiger partial charge in [0.25, 0.3) is 0 Å². The molecule has 8 heteroatoms. The Balaban J connectivity index is 2.55. The molecule has 22 heavy (non-hydrogen) atoms. The van der Waals surface area contributed by atoms with E-state index >= 15 is 0 Å². The molecule has 1 heterocycles. The van der Waals surface area contributed by atoms with Gasteiger partial charge < -0.3 is 14.2 Å². The molecule has 0 atom stereocenters. The molecule has 0 bridgehead atoms. The average Bonchev–Trinajstić information content (AvgIpc) is 2.84. The molecule has 1 aromatic rings. The zero-order valence-corrected chi connectivity index (χ0v) is 12.3. The first-order chi connectivity index (χ1) is 10.4. The van der Waals surface area contributed by atoms with Crippen molar-refractivity contribution >= 4 is 23.6 Å². The smallest absolute Gasteiger partial charge is 0.322 e. The van der Waals surface area contributed by atoms with Crippen molar-refractivity contribution in [3.8, 4) is 11.5 Å². The standard InChI is InChI=1S/C14H14N2O6/c1-8-15-11(7-21-8)6-10-4-5-12(22-9(2)17)14(20-3)13(10)16(18)19/h4-6H,7H2,1-3H3/b11-6+. The lowest BCUT2D eigenvalue weighted by Crippen LogP contribution is -2.05. The molecular formula is C14H14N2O6. The summed E-state index contributed by atoms with van der Waals surface area (Å²) in [6.45, 7) is 3.14. The van der Waals surface area contributed by atoms with Crippen LogP contribution in [0.25, 0.3) is 6.08 Å². The first-order valence-corrected chi connectivity index (χ1v) is 6.35. The summed E-state index contributed by atoms with van der Waals surface area (Å²) < 4.78 is 15.2. The lowest BCUT2D eigenvalue weighted by Gasteiger charge is -2.10. The first kappa shape index (κ1) is 15.5. The Morgan fingerprint density at radius 3 is 2.73 bits per heavy atom. The highest BCUT2D eigenvalue weighted by atomic mass is 16.6. The van der Waals surface area contributed by atoms with Crippen molar-refractivity contribution < 1.29 is 23.9 Å². The van der Waals surface area contributed by atoms with Gasteiger partial charge in [-0.3, -0.25) is 14.9 Å². The summed E-state index contributed by atoms with van der Waals surface area (Å²) in [6.07, 6.45) is 1.54. The number of carbonyl (C=O) groups excluding carboxylic acids is 1. The maximum Gasteiger partial charge on any atom is 0.322 e. The highest BCUT2D eigenvalue weighted by Gasteiger charge is 2.26. The summed E-state index contributed by atoms with van der Waals surface area (Å²) in [6, 6.07) is 2.90. The van der Waals surface area contributed by atoms with Gasteiger partial charge in [0.05, 0.1) is 23.3 Å². The number of nitro groups is 1. The normalized spacial score (nSPS) is 15.2. The molecule has 0 saturated carbocycles. The lowest BCUT2D eigenvalue weighted by atomic mass is 10.1. The third-order valence-electron chi connectivity index (χ3n) is 2.82. The molecule has 116 valence electrons. The molecule has 0 fully saturated rings. The number of carbonyl (C=O) groups is 1. The van der Waals surface area contributed by atoms with E-state index in [9.17, 15) is 14.9 Å². The Kier molecular flexibility index (Phi) is 4.40. The van der Waals surface area contributed by atoms with Crippen LogP contribution in [0.5, 0.6) is 11.5 Å². The number of hydrogen-bond acceptors (Lipinski definition) is 7. The number of methoxy groups -OCH3 is 1. The third kappa shape index (κ3) is 3.22. The molecule has 0 aliphatic carbocycles. The largest absolute Gasteiger partial charge is 0.488 e. The van der Waals surface area contributed by atoms with Crippen LogP contribution < -0.4 is 9.47 Å². The Bertz CT molecular complexity index is 693. The fourth-order valence-corrected chi connectivity index (χ4v) is 2.00. The van der Waals surface area contributed by atoms with Gasteiger partial charge in [0.1, 0.15) is 6.61 Å².